The Morgan fingerprint density at radius 2 is 0.689 bits per heavy atom. The van der Waals surface area contributed by atoms with E-state index in [1.165, 1.54) is 0 Å². The lowest BCUT2D eigenvalue weighted by Crippen LogP contribution is -1.99. The topological polar surface area (TPSA) is 145 Å². The van der Waals surface area contributed by atoms with E-state index in [4.69, 9.17) is 63.7 Å². The maximum atomic E-state index is 7.40. The second-order valence-corrected chi connectivity index (χ2v) is 19.7. The van der Waals surface area contributed by atoms with E-state index >= 15 is 0 Å². The van der Waals surface area contributed by atoms with Gasteiger partial charge in [-0.1, -0.05) is 60.7 Å². The van der Waals surface area contributed by atoms with Crippen LogP contribution >= 0.6 is 16.5 Å². The lowest BCUT2D eigenvalue weighted by molar-refractivity contribution is 0.173. The molecule has 2 aromatic heterocycles. The number of aryl methyl sites for hydroxylation is 4. The molecule has 0 saturated carbocycles. The van der Waals surface area contributed by atoms with Crippen molar-refractivity contribution in [3.05, 3.63) is 144 Å². The molecular formula is C58H48O14P2. The van der Waals surface area contributed by atoms with Crippen molar-refractivity contribution in [3.63, 3.8) is 0 Å². The van der Waals surface area contributed by atoms with Gasteiger partial charge in [-0.2, -0.15) is 0 Å². The first kappa shape index (κ1) is 46.6. The van der Waals surface area contributed by atoms with Crippen LogP contribution in [0.15, 0.2) is 138 Å². The van der Waals surface area contributed by atoms with Gasteiger partial charge in [-0.15, -0.1) is 0 Å². The van der Waals surface area contributed by atoms with Crippen molar-refractivity contribution < 1.29 is 63.7 Å². The van der Waals surface area contributed by atoms with Crippen molar-refractivity contribution in [2.24, 2.45) is 0 Å². The molecule has 2 aliphatic rings. The number of ether oxygens (including phenoxy) is 8. The van der Waals surface area contributed by atoms with Gasteiger partial charge >= 0.3 is 16.5 Å². The molecule has 8 aromatic carbocycles. The first-order valence-corrected chi connectivity index (χ1v) is 25.8. The van der Waals surface area contributed by atoms with Gasteiger partial charge in [0.25, 0.3) is 0 Å². The summed E-state index contributed by atoms with van der Waals surface area (Å²) in [6.07, 6.45) is 0. The van der Waals surface area contributed by atoms with E-state index < -0.39 is 16.5 Å². The normalized spacial score (nSPS) is 12.4. The highest BCUT2D eigenvalue weighted by Crippen LogP contribution is 2.63. The fraction of sp³-hybridized carbons (Fsp3) is 0.172. The highest BCUT2D eigenvalue weighted by atomic mass is 31.1. The summed E-state index contributed by atoms with van der Waals surface area (Å²) in [4.78, 5) is 0. The molecule has 374 valence electrons. The van der Waals surface area contributed by atoms with Crippen molar-refractivity contribution >= 4 is 60.4 Å². The number of rotatable bonds is 11. The minimum absolute atomic E-state index is 0.0866. The average molecular weight is 1030 g/mol. The summed E-state index contributed by atoms with van der Waals surface area (Å²) in [5.41, 5.74) is 9.09. The number of methoxy groups -OCH3 is 4. The van der Waals surface area contributed by atoms with Crippen LogP contribution in [0.25, 0.3) is 77.3 Å². The Bertz CT molecular complexity index is 3560. The molecular weight excluding hydrogens is 983 g/mol. The number of hydrogen-bond acceptors (Lipinski definition) is 14. The summed E-state index contributed by atoms with van der Waals surface area (Å²) in [5, 5.41) is 2.97. The average Bonchev–Trinajstić information content (AvgIpc) is 4.04. The highest BCUT2D eigenvalue weighted by molar-refractivity contribution is 7.32. The van der Waals surface area contributed by atoms with Gasteiger partial charge in [0.2, 0.25) is 13.6 Å². The predicted octanol–water partition coefficient (Wildman–Crippen LogP) is 16.3. The maximum Gasteiger partial charge on any atom is 0.453 e. The van der Waals surface area contributed by atoms with Crippen LogP contribution in [-0.2, 0) is 0 Å². The summed E-state index contributed by atoms with van der Waals surface area (Å²) in [6.45, 7) is 7.66. The molecule has 10 aromatic rings. The van der Waals surface area contributed by atoms with Crippen molar-refractivity contribution in [1.82, 2.24) is 0 Å². The molecule has 0 spiro atoms. The molecule has 2 aliphatic heterocycles. The van der Waals surface area contributed by atoms with Gasteiger partial charge in [-0.3, -0.25) is 0 Å². The van der Waals surface area contributed by atoms with Crippen LogP contribution in [0.1, 0.15) is 22.3 Å². The van der Waals surface area contributed by atoms with Gasteiger partial charge in [-0.25, -0.2) is 0 Å². The standard InChI is InChI=1S/C58H48O14P2/c1-31-19-37(59-5)23-43-44-24-38(60-6)20-32(2)52(44)68-73(67-51(31)43)71-55-41(35-15-11-9-12-16-35)27-47-57(65-29-63-47)49(55)50-56(42(36-17-13-10-14-18-36)28-48-58(50)66-30-64-48)72-74-69-53-33(3)21-39(61-7)25-45(53)46-26-40(62-8)22-34(4)54(46)70-74/h9-28H,29-30H2,1-8H3. The fourth-order valence-corrected chi connectivity index (χ4v) is 12.1. The highest BCUT2D eigenvalue weighted by Gasteiger charge is 2.37. The summed E-state index contributed by atoms with van der Waals surface area (Å²) in [6, 6.07) is 38.9. The lowest BCUT2D eigenvalue weighted by Gasteiger charge is -2.21. The van der Waals surface area contributed by atoms with Crippen LogP contribution < -0.4 is 46.9 Å². The molecule has 12 rings (SSSR count). The Hall–Kier alpha value is -8.44. The molecule has 0 radical (unpaired) electrons. The summed E-state index contributed by atoms with van der Waals surface area (Å²) >= 11 is 0. The van der Waals surface area contributed by atoms with E-state index in [1.54, 1.807) is 28.4 Å². The number of fused-ring (bicyclic) bond motifs is 8. The minimum atomic E-state index is -2.35. The van der Waals surface area contributed by atoms with Gasteiger partial charge in [0, 0.05) is 32.7 Å². The summed E-state index contributed by atoms with van der Waals surface area (Å²) < 4.78 is 91.5. The predicted molar refractivity (Wildman–Crippen MR) is 285 cm³/mol. The third-order valence-corrected chi connectivity index (χ3v) is 15.2. The molecule has 0 atom stereocenters. The zero-order valence-corrected chi connectivity index (χ0v) is 43.4. The van der Waals surface area contributed by atoms with Crippen molar-refractivity contribution in [3.8, 4) is 90.9 Å². The van der Waals surface area contributed by atoms with Gasteiger partial charge in [0.15, 0.2) is 34.5 Å². The molecule has 0 aliphatic carbocycles. The van der Waals surface area contributed by atoms with Crippen LogP contribution in [0.5, 0.6) is 57.5 Å². The zero-order chi connectivity index (χ0) is 50.8. The van der Waals surface area contributed by atoms with Crippen LogP contribution in [0.3, 0.4) is 0 Å². The molecule has 0 bridgehead atoms. The molecule has 0 N–H and O–H groups in total. The fourth-order valence-electron chi connectivity index (χ4n) is 9.64. The molecule has 0 saturated heterocycles. The Kier molecular flexibility index (Phi) is 11.9. The molecule has 16 heteroatoms. The summed E-state index contributed by atoms with van der Waals surface area (Å²) in [7, 11) is 1.85. The maximum absolute atomic E-state index is 7.40. The van der Waals surface area contributed by atoms with E-state index in [2.05, 4.69) is 0 Å². The Morgan fingerprint density at radius 3 is 0.986 bits per heavy atom. The quantitative estimate of drug-likeness (QED) is 0.121. The monoisotopic (exact) mass is 1030 g/mol. The van der Waals surface area contributed by atoms with Gasteiger partial charge in [0.05, 0.1) is 39.6 Å². The SMILES string of the molecule is COc1cc(C)c2op(Oc3c(-c4ccccc4)cc4c(c3-c3c5c(cc(-c6ccccc6)c3Op3oc6c(C)cc(OC)cc6c6cc(OC)cc(C)c6o3)OCO5)OCO4)oc3c(C)cc(OC)cc3c2c1. The Labute approximate surface area is 426 Å². The van der Waals surface area contributed by atoms with E-state index in [1.807, 2.05) is 149 Å². The van der Waals surface area contributed by atoms with E-state index in [0.717, 1.165) is 54.9 Å². The first-order valence-electron chi connectivity index (χ1n) is 23.6. The van der Waals surface area contributed by atoms with Crippen LogP contribution in [0.4, 0.5) is 0 Å². The number of hydrogen-bond donors (Lipinski definition) is 0. The van der Waals surface area contributed by atoms with Gasteiger partial charge in [0.1, 0.15) is 45.3 Å². The molecule has 0 fully saturated rings. The van der Waals surface area contributed by atoms with Crippen LogP contribution in [0.2, 0.25) is 0 Å². The first-order chi connectivity index (χ1) is 36.1. The van der Waals surface area contributed by atoms with Crippen LogP contribution in [0, 0.1) is 27.7 Å². The van der Waals surface area contributed by atoms with Crippen LogP contribution in [-0.4, -0.2) is 42.0 Å². The third-order valence-electron chi connectivity index (χ3n) is 13.2. The minimum Gasteiger partial charge on any atom is -0.497 e. The zero-order valence-electron chi connectivity index (χ0n) is 41.6. The van der Waals surface area contributed by atoms with Gasteiger partial charge < -0.3 is 63.7 Å². The van der Waals surface area contributed by atoms with Gasteiger partial charge in [-0.05, 0) is 122 Å². The lowest BCUT2D eigenvalue weighted by atomic mass is 9.91. The number of benzene rings is 8. The Balaban J connectivity index is 1.20. The molecule has 14 nitrogen and oxygen atoms in total. The molecule has 0 unspecified atom stereocenters. The molecule has 74 heavy (non-hydrogen) atoms. The van der Waals surface area contributed by atoms with Crippen molar-refractivity contribution in [2.45, 2.75) is 27.7 Å². The largest absolute Gasteiger partial charge is 0.497 e. The van der Waals surface area contributed by atoms with Crippen molar-refractivity contribution in [2.75, 3.05) is 42.0 Å². The molecule has 0 amide bonds. The Morgan fingerprint density at radius 1 is 0.378 bits per heavy atom. The van der Waals surface area contributed by atoms with E-state index in [0.29, 0.717) is 102 Å². The van der Waals surface area contributed by atoms with Crippen molar-refractivity contribution in [1.29, 1.82) is 0 Å². The smallest absolute Gasteiger partial charge is 0.453 e. The third kappa shape index (κ3) is 8.07. The van der Waals surface area contributed by atoms with E-state index in [9.17, 15) is 0 Å². The second-order valence-electron chi connectivity index (χ2n) is 17.7. The molecule has 4 heterocycles. The second kappa shape index (κ2) is 18.9. The van der Waals surface area contributed by atoms with E-state index in [-0.39, 0.29) is 13.6 Å². The summed E-state index contributed by atoms with van der Waals surface area (Å²) in [5.74, 6) is 4.86.